The van der Waals surface area contributed by atoms with Gasteiger partial charge in [-0.05, 0) is 115 Å². The van der Waals surface area contributed by atoms with Gasteiger partial charge in [-0.1, -0.05) is 206 Å². The number of hydrogen-bond donors (Lipinski definition) is 0. The molecule has 0 saturated carbocycles. The van der Waals surface area contributed by atoms with Crippen LogP contribution in [-0.4, -0.2) is 70.8 Å². The fraction of sp³-hybridized carbons (Fsp3) is 0. The molecule has 0 unspecified atom stereocenters. The van der Waals surface area contributed by atoms with Crippen LogP contribution in [0, 0.1) is 0 Å². The molecule has 100 heavy (non-hydrogen) atoms. The zero-order valence-corrected chi connectivity index (χ0v) is 53.3. The maximum absolute atomic E-state index is 5.23. The molecule has 0 aliphatic carbocycles. The van der Waals surface area contributed by atoms with Gasteiger partial charge in [0.15, 0.2) is 11.6 Å². The van der Waals surface area contributed by atoms with Crippen LogP contribution in [0.5, 0.6) is 0 Å². The second-order valence-electron chi connectivity index (χ2n) is 25.1. The van der Waals surface area contributed by atoms with Crippen molar-refractivity contribution in [3.05, 3.63) is 322 Å². The quantitative estimate of drug-likeness (QED) is 0.148. The summed E-state index contributed by atoms with van der Waals surface area (Å²) in [4.78, 5) is 35.8. The summed E-state index contributed by atoms with van der Waals surface area (Å²) < 4.78 is 18.0. The Kier molecular flexibility index (Phi) is 12.0. The van der Waals surface area contributed by atoms with E-state index in [4.69, 9.17) is 34.9 Å². The Bertz CT molecular complexity index is 6490. The number of benzene rings is 12. The van der Waals surface area contributed by atoms with Crippen molar-refractivity contribution in [2.75, 3.05) is 0 Å². The predicted molar refractivity (Wildman–Crippen MR) is 400 cm³/mol. The number of para-hydroxylation sites is 11. The van der Waals surface area contributed by atoms with Crippen molar-refractivity contribution >= 4 is 111 Å². The van der Waals surface area contributed by atoms with E-state index in [9.17, 15) is 0 Å². The molecule has 12 aromatic carbocycles. The summed E-state index contributed by atoms with van der Waals surface area (Å²) >= 11 is 0. The van der Waals surface area contributed by atoms with Crippen LogP contribution in [0.2, 0.25) is 0 Å². The first-order valence-corrected chi connectivity index (χ1v) is 33.3. The maximum Gasteiger partial charge on any atom is 0.241 e. The molecule has 0 atom stereocenters. The van der Waals surface area contributed by atoms with Crippen molar-refractivity contribution < 1.29 is 0 Å². The molecule has 22 rings (SSSR count). The van der Waals surface area contributed by atoms with E-state index in [1.807, 2.05) is 109 Å². The summed E-state index contributed by atoms with van der Waals surface area (Å²) in [6.07, 6.45) is 0. The number of rotatable bonds is 8. The molecule has 0 saturated heterocycles. The van der Waals surface area contributed by atoms with E-state index >= 15 is 0 Å². The van der Waals surface area contributed by atoms with Gasteiger partial charge < -0.3 is 0 Å². The zero-order chi connectivity index (χ0) is 65.5. The highest BCUT2D eigenvalue weighted by molar-refractivity contribution is 6.00. The van der Waals surface area contributed by atoms with E-state index in [1.165, 1.54) is 10.9 Å². The van der Waals surface area contributed by atoms with Crippen LogP contribution < -0.4 is 0 Å². The highest BCUT2D eigenvalue weighted by Gasteiger charge is 2.25. The van der Waals surface area contributed by atoms with Gasteiger partial charge in [0.05, 0.1) is 94.3 Å². The molecule has 10 aromatic heterocycles. The molecule has 468 valence electrons. The van der Waals surface area contributed by atoms with Crippen molar-refractivity contribution in [2.45, 2.75) is 0 Å². The van der Waals surface area contributed by atoms with Gasteiger partial charge in [-0.15, -0.1) is 0 Å². The van der Waals surface area contributed by atoms with Gasteiger partial charge >= 0.3 is 0 Å². The van der Waals surface area contributed by atoms with E-state index in [2.05, 4.69) is 248 Å². The lowest BCUT2D eigenvalue weighted by molar-refractivity contribution is 0.937. The third kappa shape index (κ3) is 8.42. The minimum atomic E-state index is 0.512. The second-order valence-corrected chi connectivity index (χ2v) is 25.1. The van der Waals surface area contributed by atoms with Gasteiger partial charge in [-0.2, -0.15) is 9.97 Å². The van der Waals surface area contributed by atoms with Crippen molar-refractivity contribution in [3.8, 4) is 68.6 Å². The normalized spacial score (nSPS) is 12.0. The fourth-order valence-electron chi connectivity index (χ4n) is 15.0. The summed E-state index contributed by atoms with van der Waals surface area (Å²) in [6.45, 7) is 0. The predicted octanol–water partition coefficient (Wildman–Crippen LogP) is 19.2. The van der Waals surface area contributed by atoms with Crippen LogP contribution in [0.3, 0.4) is 0 Å². The summed E-state index contributed by atoms with van der Waals surface area (Å²) in [5.41, 5.74) is 24.8. The number of aromatic nitrogens is 15. The molecule has 0 amide bonds. The molecule has 22 aromatic rings. The van der Waals surface area contributed by atoms with E-state index in [-0.39, 0.29) is 0 Å². The average molecular weight is 1280 g/mol. The first-order chi connectivity index (χ1) is 49.6. The van der Waals surface area contributed by atoms with Gasteiger partial charge in [0.1, 0.15) is 11.3 Å². The lowest BCUT2D eigenvalue weighted by Crippen LogP contribution is -2.06. The van der Waals surface area contributed by atoms with Gasteiger partial charge in [0, 0.05) is 38.7 Å². The summed E-state index contributed by atoms with van der Waals surface area (Å²) in [7, 11) is 0. The highest BCUT2D eigenvalue weighted by Crippen LogP contribution is 2.39. The molecule has 10 heterocycles. The van der Waals surface area contributed by atoms with E-state index in [0.29, 0.717) is 23.5 Å². The van der Waals surface area contributed by atoms with Crippen molar-refractivity contribution in [3.63, 3.8) is 0 Å². The van der Waals surface area contributed by atoms with Crippen LogP contribution >= 0.6 is 0 Å². The van der Waals surface area contributed by atoms with Crippen molar-refractivity contribution in [1.29, 1.82) is 0 Å². The van der Waals surface area contributed by atoms with Crippen LogP contribution in [0.15, 0.2) is 322 Å². The van der Waals surface area contributed by atoms with E-state index < -0.39 is 0 Å². The largest absolute Gasteiger partial charge is 0.294 e. The Hall–Kier alpha value is -14.1. The minimum absolute atomic E-state index is 0.512. The first kappa shape index (κ1) is 55.3. The summed E-state index contributed by atoms with van der Waals surface area (Å²) in [5.74, 6) is 3.97. The zero-order valence-electron chi connectivity index (χ0n) is 53.3. The third-order valence-corrected chi connectivity index (χ3v) is 19.4. The molecular formula is C85H53N15. The molecule has 15 heteroatoms. The molecule has 0 bridgehead atoms. The summed E-state index contributed by atoms with van der Waals surface area (Å²) in [5, 5.41) is 2.34. The molecule has 0 fully saturated rings. The number of hydrogen-bond acceptors (Lipinski definition) is 7. The molecular weight excluding hydrogens is 1230 g/mol. The molecule has 0 aliphatic rings. The topological polar surface area (TPSA) is 128 Å². The van der Waals surface area contributed by atoms with E-state index in [0.717, 1.165) is 145 Å². The molecule has 0 aliphatic heterocycles. The van der Waals surface area contributed by atoms with Gasteiger partial charge in [-0.3, -0.25) is 31.3 Å². The maximum atomic E-state index is 5.23. The standard InChI is InChI=1S/C43H27N7.C42H26N8/c1-3-13-28(14-4-1)33-27-34(29-15-5-2-6-16-29)45-42(44-33)50-39-22-12-10-20-37(39)48-40-26-31(24-23-30(40)25-41(48)50)47-36-19-9-11-21-38(36)49-35-18-8-7-17-32(35)46-43(47)49;1-3-13-27(14-4-1)39-44-40(28-15-5-2-6-16-28)46-41(45-39)50-36-22-12-11-21-35(36)49-37-26-30(23-24-31(37)43-42(49)50)47-33-19-9-10-20-34(33)48-32-18-8-7-17-29(32)25-38(47)48/h1-27H;1-26H. The van der Waals surface area contributed by atoms with Crippen molar-refractivity contribution in [1.82, 2.24) is 70.8 Å². The second kappa shape index (κ2) is 21.7. The molecule has 0 N–H and O–H groups in total. The smallest absolute Gasteiger partial charge is 0.241 e. The SMILES string of the molecule is c1ccc(-c2cc(-c3ccccc3)nc(-n3c4ccccc4n4c5cc(-n6c7ccccc7n7c8ccccc8nc67)ccc5cc34)n2)cc1.c1ccc(-c2nc(-c3ccccc3)nc(-n3c4ccccc4n4c5cc(-n6c7ccccc7n7c8ccccc8cc67)ccc5nc34)n2)cc1. The van der Waals surface area contributed by atoms with Gasteiger partial charge in [0.25, 0.3) is 0 Å². The third-order valence-electron chi connectivity index (χ3n) is 19.4. The van der Waals surface area contributed by atoms with Gasteiger partial charge in [0.2, 0.25) is 23.5 Å². The molecule has 0 spiro atoms. The van der Waals surface area contributed by atoms with E-state index in [1.54, 1.807) is 0 Å². The van der Waals surface area contributed by atoms with Crippen LogP contribution in [-0.2, 0) is 0 Å². The lowest BCUT2D eigenvalue weighted by Gasteiger charge is -2.10. The monoisotopic (exact) mass is 1280 g/mol. The van der Waals surface area contributed by atoms with Crippen molar-refractivity contribution in [2.24, 2.45) is 0 Å². The number of fused-ring (bicyclic) bond motifs is 20. The lowest BCUT2D eigenvalue weighted by atomic mass is 10.1. The Morgan fingerprint density at radius 3 is 1.17 bits per heavy atom. The van der Waals surface area contributed by atoms with Crippen LogP contribution in [0.25, 0.3) is 179 Å². The Labute approximate surface area is 568 Å². The van der Waals surface area contributed by atoms with Gasteiger partial charge in [-0.25, -0.2) is 29.5 Å². The van der Waals surface area contributed by atoms with Crippen LogP contribution in [0.4, 0.5) is 0 Å². The fourth-order valence-corrected chi connectivity index (χ4v) is 15.0. The number of nitrogens with zero attached hydrogens (tertiary/aromatic N) is 15. The highest BCUT2D eigenvalue weighted by atomic mass is 15.3. The van der Waals surface area contributed by atoms with Crippen LogP contribution in [0.1, 0.15) is 0 Å². The molecule has 0 radical (unpaired) electrons. The minimum Gasteiger partial charge on any atom is -0.294 e. The average Bonchev–Trinajstić information content (AvgIpc) is 1.57. The Balaban J connectivity index is 0.000000131. The summed E-state index contributed by atoms with van der Waals surface area (Å²) in [6, 6.07) is 111. The Morgan fingerprint density at radius 1 is 0.200 bits per heavy atom. The number of imidazole rings is 6. The Morgan fingerprint density at radius 2 is 0.580 bits per heavy atom. The molecule has 15 nitrogen and oxygen atoms in total. The first-order valence-electron chi connectivity index (χ1n) is 33.3.